The molecule has 0 unspecified atom stereocenters. The summed E-state index contributed by atoms with van der Waals surface area (Å²) in [6.45, 7) is 5.88. The summed E-state index contributed by atoms with van der Waals surface area (Å²) in [4.78, 5) is 10.9. The van der Waals surface area contributed by atoms with Crippen LogP contribution in [0.1, 0.15) is 27.2 Å². The third kappa shape index (κ3) is 8.81. The molecule has 0 spiro atoms. The van der Waals surface area contributed by atoms with Gasteiger partial charge in [-0.3, -0.25) is 0 Å². The van der Waals surface area contributed by atoms with E-state index in [0.717, 1.165) is 0 Å². The fourth-order valence-corrected chi connectivity index (χ4v) is 0.538. The molecule has 0 saturated carbocycles. The summed E-state index contributed by atoms with van der Waals surface area (Å²) in [6, 6.07) is 0. The highest BCUT2D eigenvalue weighted by molar-refractivity contribution is 5.69. The summed E-state index contributed by atoms with van der Waals surface area (Å²) < 4.78 is 4.92. The first-order valence-corrected chi connectivity index (χ1v) is 4.16. The van der Waals surface area contributed by atoms with Crippen molar-refractivity contribution in [3.8, 4) is 0 Å². The first-order chi connectivity index (χ1) is 5.95. The van der Waals surface area contributed by atoms with E-state index in [4.69, 9.17) is 10.5 Å². The molecule has 0 aromatic carbocycles. The van der Waals surface area contributed by atoms with Gasteiger partial charge < -0.3 is 10.5 Å². The van der Waals surface area contributed by atoms with Crippen molar-refractivity contribution < 1.29 is 9.53 Å². The zero-order valence-corrected chi connectivity index (χ0v) is 8.33. The Morgan fingerprint density at radius 1 is 1.62 bits per heavy atom. The second-order valence-corrected chi connectivity index (χ2v) is 3.50. The number of hydrogen-bond acceptors (Lipinski definition) is 4. The van der Waals surface area contributed by atoms with E-state index >= 15 is 0 Å². The van der Waals surface area contributed by atoms with E-state index in [0.29, 0.717) is 13.0 Å². The fourth-order valence-electron chi connectivity index (χ4n) is 0.538. The minimum absolute atomic E-state index is 0.493. The maximum atomic E-state index is 10.9. The first-order valence-electron chi connectivity index (χ1n) is 4.16. The van der Waals surface area contributed by atoms with Crippen LogP contribution in [0.25, 0.3) is 0 Å². The highest BCUT2D eigenvalue weighted by Crippen LogP contribution is 2.05. The number of carbonyl (C=O) groups is 1. The van der Waals surface area contributed by atoms with Gasteiger partial charge in [-0.1, -0.05) is 0 Å². The molecule has 0 atom stereocenters. The van der Waals surface area contributed by atoms with E-state index < -0.39 is 11.7 Å². The summed E-state index contributed by atoms with van der Waals surface area (Å²) in [5.41, 5.74) is 6.95. The van der Waals surface area contributed by atoms with Gasteiger partial charge in [0.25, 0.3) is 0 Å². The molecule has 13 heavy (non-hydrogen) atoms. The Morgan fingerprint density at radius 3 is 2.69 bits per heavy atom. The number of hydrogen-bond donors (Lipinski definition) is 2. The summed E-state index contributed by atoms with van der Waals surface area (Å²) in [6.07, 6.45) is 1.61. The Kier molecular flexibility index (Phi) is 5.06. The van der Waals surface area contributed by atoms with Crippen molar-refractivity contribution in [1.29, 1.82) is 0 Å². The van der Waals surface area contributed by atoms with Crippen LogP contribution in [0.15, 0.2) is 5.10 Å². The van der Waals surface area contributed by atoms with E-state index in [1.807, 2.05) is 0 Å². The van der Waals surface area contributed by atoms with Crippen molar-refractivity contribution in [1.82, 2.24) is 5.43 Å². The van der Waals surface area contributed by atoms with E-state index in [2.05, 4.69) is 10.5 Å². The minimum Gasteiger partial charge on any atom is -0.443 e. The largest absolute Gasteiger partial charge is 0.443 e. The zero-order valence-electron chi connectivity index (χ0n) is 8.33. The van der Waals surface area contributed by atoms with Crippen LogP contribution in [0, 0.1) is 0 Å². The highest BCUT2D eigenvalue weighted by Gasteiger charge is 2.14. The molecule has 76 valence electrons. The minimum atomic E-state index is -0.555. The molecule has 0 aromatic rings. The SMILES string of the molecule is CC(C)(C)OC(=O)N/N=C/CCN. The van der Waals surface area contributed by atoms with Gasteiger partial charge >= 0.3 is 6.09 Å². The molecule has 0 rings (SSSR count). The maximum absolute atomic E-state index is 10.9. The second kappa shape index (κ2) is 5.53. The van der Waals surface area contributed by atoms with Crippen molar-refractivity contribution in [3.05, 3.63) is 0 Å². The van der Waals surface area contributed by atoms with Gasteiger partial charge in [-0.2, -0.15) is 5.10 Å². The van der Waals surface area contributed by atoms with Crippen LogP contribution in [0.5, 0.6) is 0 Å². The quantitative estimate of drug-likeness (QED) is 0.508. The summed E-state index contributed by atoms with van der Waals surface area (Å²) in [7, 11) is 0. The van der Waals surface area contributed by atoms with Crippen LogP contribution >= 0.6 is 0 Å². The lowest BCUT2D eigenvalue weighted by molar-refractivity contribution is 0.0529. The average Bonchev–Trinajstić information content (AvgIpc) is 1.94. The lowest BCUT2D eigenvalue weighted by atomic mass is 10.2. The van der Waals surface area contributed by atoms with Crippen LogP contribution in [-0.2, 0) is 4.74 Å². The first kappa shape index (κ1) is 11.9. The topological polar surface area (TPSA) is 76.7 Å². The molecule has 5 nitrogen and oxygen atoms in total. The van der Waals surface area contributed by atoms with E-state index in [9.17, 15) is 4.79 Å². The number of ether oxygens (including phenoxy) is 1. The van der Waals surface area contributed by atoms with Gasteiger partial charge in [-0.05, 0) is 33.7 Å². The molecule has 3 N–H and O–H groups in total. The maximum Gasteiger partial charge on any atom is 0.428 e. The van der Waals surface area contributed by atoms with Crippen LogP contribution in [0.4, 0.5) is 4.79 Å². The molecule has 0 aliphatic rings. The number of rotatable bonds is 3. The van der Waals surface area contributed by atoms with Crippen LogP contribution in [-0.4, -0.2) is 24.5 Å². The predicted octanol–water partition coefficient (Wildman–Crippen LogP) is 0.846. The van der Waals surface area contributed by atoms with E-state index in [1.54, 1.807) is 20.8 Å². The van der Waals surface area contributed by atoms with E-state index in [-0.39, 0.29) is 0 Å². The van der Waals surface area contributed by atoms with Gasteiger partial charge in [0.15, 0.2) is 0 Å². The molecule has 0 saturated heterocycles. The molecule has 0 fully saturated rings. The smallest absolute Gasteiger partial charge is 0.428 e. The molecular formula is C8H17N3O2. The molecule has 1 amide bonds. The zero-order chi connectivity index (χ0) is 10.3. The molecule has 0 radical (unpaired) electrons. The monoisotopic (exact) mass is 187 g/mol. The predicted molar refractivity (Wildman–Crippen MR) is 51.5 cm³/mol. The van der Waals surface area contributed by atoms with Crippen molar-refractivity contribution in [2.45, 2.75) is 32.8 Å². The van der Waals surface area contributed by atoms with Crippen molar-refractivity contribution >= 4 is 12.3 Å². The van der Waals surface area contributed by atoms with Gasteiger partial charge in [0.2, 0.25) is 0 Å². The van der Waals surface area contributed by atoms with Crippen molar-refractivity contribution in [2.24, 2.45) is 10.8 Å². The lowest BCUT2D eigenvalue weighted by Crippen LogP contribution is -2.29. The number of nitrogens with zero attached hydrogens (tertiary/aromatic N) is 1. The summed E-state index contributed by atoms with van der Waals surface area (Å²) in [5.74, 6) is 0. The summed E-state index contributed by atoms with van der Waals surface area (Å²) in [5, 5.41) is 3.62. The van der Waals surface area contributed by atoms with Crippen LogP contribution < -0.4 is 11.2 Å². The number of amides is 1. The second-order valence-electron chi connectivity index (χ2n) is 3.50. The Morgan fingerprint density at radius 2 is 2.23 bits per heavy atom. The third-order valence-corrected chi connectivity index (χ3v) is 0.942. The number of hydrazone groups is 1. The molecular weight excluding hydrogens is 170 g/mol. The normalized spacial score (nSPS) is 11.7. The molecule has 0 bridgehead atoms. The van der Waals surface area contributed by atoms with Crippen LogP contribution in [0.2, 0.25) is 0 Å². The Balaban J connectivity index is 3.64. The molecule has 0 aromatic heterocycles. The highest BCUT2D eigenvalue weighted by atomic mass is 16.6. The van der Waals surface area contributed by atoms with E-state index in [1.165, 1.54) is 6.21 Å². The fraction of sp³-hybridized carbons (Fsp3) is 0.750. The molecule has 0 heterocycles. The van der Waals surface area contributed by atoms with Gasteiger partial charge in [0.1, 0.15) is 5.60 Å². The van der Waals surface area contributed by atoms with Gasteiger partial charge in [0.05, 0.1) is 0 Å². The van der Waals surface area contributed by atoms with Crippen LogP contribution in [0.3, 0.4) is 0 Å². The molecule has 0 aliphatic carbocycles. The van der Waals surface area contributed by atoms with Gasteiger partial charge in [-0.25, -0.2) is 10.2 Å². The van der Waals surface area contributed by atoms with Crippen molar-refractivity contribution in [3.63, 3.8) is 0 Å². The Bertz CT molecular complexity index is 184. The average molecular weight is 187 g/mol. The molecule has 5 heteroatoms. The van der Waals surface area contributed by atoms with Gasteiger partial charge in [0, 0.05) is 6.21 Å². The summed E-state index contributed by atoms with van der Waals surface area (Å²) >= 11 is 0. The number of carbonyl (C=O) groups excluding carboxylic acids is 1. The Hall–Kier alpha value is -1.10. The standard InChI is InChI=1S/C8H17N3O2/c1-8(2,3)13-7(12)11-10-6-4-5-9/h6H,4-5,9H2,1-3H3,(H,11,12)/b10-6+. The molecule has 0 aliphatic heterocycles. The third-order valence-electron chi connectivity index (χ3n) is 0.942. The Labute approximate surface area is 78.3 Å². The lowest BCUT2D eigenvalue weighted by Gasteiger charge is -2.18. The van der Waals surface area contributed by atoms with Gasteiger partial charge in [-0.15, -0.1) is 0 Å². The number of nitrogens with two attached hydrogens (primary N) is 1. The number of nitrogens with one attached hydrogen (secondary N) is 1. The van der Waals surface area contributed by atoms with Crippen molar-refractivity contribution in [2.75, 3.05) is 6.54 Å².